The van der Waals surface area contributed by atoms with Crippen molar-refractivity contribution in [3.8, 4) is 24.7 Å². The highest BCUT2D eigenvalue weighted by Crippen LogP contribution is 2.07. The van der Waals surface area contributed by atoms with Gasteiger partial charge in [0.15, 0.2) is 0 Å². The van der Waals surface area contributed by atoms with Crippen LogP contribution < -0.4 is 0 Å². The Balaban J connectivity index is 3.07. The fourth-order valence-electron chi connectivity index (χ4n) is 0.634. The average Bonchev–Trinajstić information content (AvgIpc) is 1.98. The van der Waals surface area contributed by atoms with Crippen LogP contribution in [0.15, 0.2) is 0 Å². The zero-order chi connectivity index (χ0) is 7.82. The molecule has 0 aromatic heterocycles. The fourth-order valence-corrected chi connectivity index (χ4v) is 0.788. The third-order valence-corrected chi connectivity index (χ3v) is 1.55. The smallest absolute Gasteiger partial charge is 0.0940 e. The maximum Gasteiger partial charge on any atom is 0.0940 e. The van der Waals surface area contributed by atoms with Crippen LogP contribution in [0.2, 0.25) is 0 Å². The summed E-state index contributed by atoms with van der Waals surface area (Å²) in [5.74, 6) is 5.02. The Labute approximate surface area is 68.0 Å². The Morgan fingerprint density at radius 2 is 2.00 bits per heavy atom. The number of hydrogen-bond donors (Lipinski definition) is 0. The van der Waals surface area contributed by atoms with Crippen LogP contribution in [0.5, 0.6) is 0 Å². The molecular weight excluding hydrogens is 144 g/mol. The Kier molecular flexibility index (Phi) is 6.14. The van der Waals surface area contributed by atoms with Gasteiger partial charge in [-0.15, -0.1) is 30.4 Å². The molecule has 0 nitrogen and oxygen atoms in total. The summed E-state index contributed by atoms with van der Waals surface area (Å²) in [7, 11) is 0. The van der Waals surface area contributed by atoms with Crippen molar-refractivity contribution >= 4 is 11.6 Å². The van der Waals surface area contributed by atoms with Gasteiger partial charge >= 0.3 is 0 Å². The SMILES string of the molecule is C#CCCCCC(Cl)C#C. The van der Waals surface area contributed by atoms with E-state index in [1.165, 1.54) is 0 Å². The van der Waals surface area contributed by atoms with Crippen molar-refractivity contribution < 1.29 is 0 Å². The molecule has 0 saturated carbocycles. The maximum atomic E-state index is 5.66. The van der Waals surface area contributed by atoms with Gasteiger partial charge in [-0.25, -0.2) is 0 Å². The first kappa shape index (κ1) is 9.41. The highest BCUT2D eigenvalue weighted by atomic mass is 35.5. The molecule has 0 N–H and O–H groups in total. The van der Waals surface area contributed by atoms with Gasteiger partial charge in [0.25, 0.3) is 0 Å². The molecule has 0 spiro atoms. The largest absolute Gasteiger partial charge is 0.120 e. The monoisotopic (exact) mass is 154 g/mol. The minimum atomic E-state index is -0.113. The van der Waals surface area contributed by atoms with Crippen molar-refractivity contribution in [3.05, 3.63) is 0 Å². The van der Waals surface area contributed by atoms with E-state index < -0.39 is 0 Å². The van der Waals surface area contributed by atoms with Gasteiger partial charge in [0.2, 0.25) is 0 Å². The minimum Gasteiger partial charge on any atom is -0.120 e. The average molecular weight is 155 g/mol. The first-order valence-electron chi connectivity index (χ1n) is 3.35. The zero-order valence-electron chi connectivity index (χ0n) is 5.94. The molecule has 0 amide bonds. The maximum absolute atomic E-state index is 5.66. The van der Waals surface area contributed by atoms with E-state index in [2.05, 4.69) is 11.8 Å². The second-order valence-electron chi connectivity index (χ2n) is 2.08. The molecule has 0 saturated heterocycles. The van der Waals surface area contributed by atoms with Crippen LogP contribution in [0, 0.1) is 24.7 Å². The fraction of sp³-hybridized carbons (Fsp3) is 0.556. The summed E-state index contributed by atoms with van der Waals surface area (Å²) in [6, 6.07) is 0. The highest BCUT2D eigenvalue weighted by molar-refractivity contribution is 6.22. The molecule has 0 aliphatic carbocycles. The van der Waals surface area contributed by atoms with Gasteiger partial charge in [0.05, 0.1) is 5.38 Å². The van der Waals surface area contributed by atoms with E-state index in [9.17, 15) is 0 Å². The zero-order valence-corrected chi connectivity index (χ0v) is 6.69. The number of unbranched alkanes of at least 4 members (excludes halogenated alkanes) is 2. The van der Waals surface area contributed by atoms with E-state index in [0.29, 0.717) is 0 Å². The Bertz CT molecular complexity index is 147. The molecule has 10 heavy (non-hydrogen) atoms. The standard InChI is InChI=1S/C9H11Cl/c1-3-5-6-7-8-9(10)4-2/h1-2,9H,5-8H2. The van der Waals surface area contributed by atoms with Crippen LogP contribution in [0.1, 0.15) is 25.7 Å². The molecule has 0 rings (SSSR count). The number of halogens is 1. The highest BCUT2D eigenvalue weighted by Gasteiger charge is 1.96. The third-order valence-electron chi connectivity index (χ3n) is 1.21. The van der Waals surface area contributed by atoms with Crippen LogP contribution in [0.3, 0.4) is 0 Å². The van der Waals surface area contributed by atoms with Gasteiger partial charge in [-0.05, 0) is 12.8 Å². The van der Waals surface area contributed by atoms with Gasteiger partial charge in [0, 0.05) is 6.42 Å². The Morgan fingerprint density at radius 1 is 1.30 bits per heavy atom. The molecule has 0 aromatic rings. The van der Waals surface area contributed by atoms with Crippen molar-refractivity contribution in [3.63, 3.8) is 0 Å². The molecule has 0 fully saturated rings. The predicted molar refractivity (Wildman–Crippen MR) is 45.8 cm³/mol. The van der Waals surface area contributed by atoms with Crippen molar-refractivity contribution in [1.29, 1.82) is 0 Å². The van der Waals surface area contributed by atoms with E-state index in [1.807, 2.05) is 0 Å². The summed E-state index contributed by atoms with van der Waals surface area (Å²) < 4.78 is 0. The summed E-state index contributed by atoms with van der Waals surface area (Å²) >= 11 is 5.66. The molecule has 1 unspecified atom stereocenters. The van der Waals surface area contributed by atoms with E-state index >= 15 is 0 Å². The molecular formula is C9H11Cl. The predicted octanol–water partition coefficient (Wildman–Crippen LogP) is 2.42. The van der Waals surface area contributed by atoms with E-state index in [-0.39, 0.29) is 5.38 Å². The van der Waals surface area contributed by atoms with Gasteiger partial charge < -0.3 is 0 Å². The molecule has 0 aromatic carbocycles. The number of alkyl halides is 1. The summed E-state index contributed by atoms with van der Waals surface area (Å²) in [6.07, 6.45) is 13.9. The number of hydrogen-bond acceptors (Lipinski definition) is 0. The number of terminal acetylenes is 2. The normalized spacial score (nSPS) is 11.5. The lowest BCUT2D eigenvalue weighted by atomic mass is 10.1. The van der Waals surface area contributed by atoms with Crippen LogP contribution in [-0.2, 0) is 0 Å². The van der Waals surface area contributed by atoms with Crippen molar-refractivity contribution in [2.45, 2.75) is 31.1 Å². The molecule has 1 heteroatoms. The second-order valence-corrected chi connectivity index (χ2v) is 2.61. The second kappa shape index (κ2) is 6.53. The van der Waals surface area contributed by atoms with Crippen molar-refractivity contribution in [2.75, 3.05) is 0 Å². The molecule has 0 aliphatic rings. The van der Waals surface area contributed by atoms with Gasteiger partial charge in [-0.3, -0.25) is 0 Å². The third kappa shape index (κ3) is 5.54. The van der Waals surface area contributed by atoms with Crippen LogP contribution in [0.4, 0.5) is 0 Å². The molecule has 0 bridgehead atoms. The lowest BCUT2D eigenvalue weighted by Gasteiger charge is -1.98. The van der Waals surface area contributed by atoms with Crippen molar-refractivity contribution in [2.24, 2.45) is 0 Å². The van der Waals surface area contributed by atoms with E-state index in [4.69, 9.17) is 24.4 Å². The molecule has 54 valence electrons. The van der Waals surface area contributed by atoms with Crippen molar-refractivity contribution in [1.82, 2.24) is 0 Å². The lowest BCUT2D eigenvalue weighted by molar-refractivity contribution is 0.713. The first-order valence-corrected chi connectivity index (χ1v) is 3.78. The van der Waals surface area contributed by atoms with Crippen LogP contribution >= 0.6 is 11.6 Å². The van der Waals surface area contributed by atoms with Gasteiger partial charge in [-0.1, -0.05) is 12.3 Å². The molecule has 0 aliphatic heterocycles. The van der Waals surface area contributed by atoms with E-state index in [1.54, 1.807) is 0 Å². The minimum absolute atomic E-state index is 0.113. The lowest BCUT2D eigenvalue weighted by Crippen LogP contribution is -1.92. The van der Waals surface area contributed by atoms with E-state index in [0.717, 1.165) is 25.7 Å². The molecule has 0 radical (unpaired) electrons. The molecule has 1 atom stereocenters. The topological polar surface area (TPSA) is 0 Å². The molecule has 0 heterocycles. The van der Waals surface area contributed by atoms with Gasteiger partial charge in [0.1, 0.15) is 0 Å². The Hall–Kier alpha value is -0.590. The summed E-state index contributed by atoms with van der Waals surface area (Å²) in [5.41, 5.74) is 0. The summed E-state index contributed by atoms with van der Waals surface area (Å²) in [4.78, 5) is 0. The Morgan fingerprint density at radius 3 is 2.50 bits per heavy atom. The quantitative estimate of drug-likeness (QED) is 0.332. The first-order chi connectivity index (χ1) is 4.81. The number of rotatable bonds is 4. The summed E-state index contributed by atoms with van der Waals surface area (Å²) in [6.45, 7) is 0. The van der Waals surface area contributed by atoms with Crippen LogP contribution in [0.25, 0.3) is 0 Å². The van der Waals surface area contributed by atoms with Crippen LogP contribution in [-0.4, -0.2) is 5.38 Å². The summed E-state index contributed by atoms with van der Waals surface area (Å²) in [5, 5.41) is -0.113. The van der Waals surface area contributed by atoms with Gasteiger partial charge in [-0.2, -0.15) is 0 Å².